The van der Waals surface area contributed by atoms with Gasteiger partial charge in [-0.2, -0.15) is 0 Å². The highest BCUT2D eigenvalue weighted by atomic mass is 32.2. The van der Waals surface area contributed by atoms with E-state index in [9.17, 15) is 13.2 Å². The van der Waals surface area contributed by atoms with Gasteiger partial charge in [-0.1, -0.05) is 0 Å². The van der Waals surface area contributed by atoms with Gasteiger partial charge in [0.2, 0.25) is 5.88 Å². The Kier molecular flexibility index (Phi) is 3.91. The quantitative estimate of drug-likeness (QED) is 0.869. The molecule has 2 aromatic heterocycles. The highest BCUT2D eigenvalue weighted by Gasteiger charge is 2.20. The summed E-state index contributed by atoms with van der Waals surface area (Å²) in [7, 11) is -2.50. The van der Waals surface area contributed by atoms with E-state index in [0.717, 1.165) is 17.4 Å². The normalized spacial score (nSPS) is 11.1. The number of methoxy groups -OCH3 is 1. The van der Waals surface area contributed by atoms with Gasteiger partial charge in [0.15, 0.2) is 0 Å². The van der Waals surface area contributed by atoms with E-state index < -0.39 is 16.0 Å². The highest BCUT2D eigenvalue weighted by Crippen LogP contribution is 2.26. The first-order valence-corrected chi connectivity index (χ1v) is 7.64. The van der Waals surface area contributed by atoms with Crippen LogP contribution in [0.4, 0.5) is 5.69 Å². The van der Waals surface area contributed by atoms with E-state index in [2.05, 4.69) is 9.71 Å². The number of nitrogens with one attached hydrogen (secondary N) is 1. The molecule has 0 saturated carbocycles. The number of carbonyl (C=O) groups is 1. The monoisotopic (exact) mass is 314 g/mol. The molecule has 20 heavy (non-hydrogen) atoms. The van der Waals surface area contributed by atoms with E-state index in [-0.39, 0.29) is 21.3 Å². The van der Waals surface area contributed by atoms with Crippen molar-refractivity contribution in [2.75, 3.05) is 11.8 Å². The summed E-state index contributed by atoms with van der Waals surface area (Å²) in [5.41, 5.74) is 0.105. The number of anilines is 1. The van der Waals surface area contributed by atoms with Crippen molar-refractivity contribution in [3.63, 3.8) is 0 Å². The third-order valence-electron chi connectivity index (χ3n) is 2.30. The number of hydrogen-bond acceptors (Lipinski definition) is 6. The summed E-state index contributed by atoms with van der Waals surface area (Å²) in [6.07, 6.45) is 1.46. The van der Waals surface area contributed by atoms with Crippen LogP contribution in [0.5, 0.6) is 5.88 Å². The summed E-state index contributed by atoms with van der Waals surface area (Å²) in [6.45, 7) is 0. The second-order valence-corrected chi connectivity index (χ2v) is 6.45. The molecule has 2 N–H and O–H groups in total. The number of ether oxygens (including phenoxy) is 1. The van der Waals surface area contributed by atoms with Crippen LogP contribution < -0.4 is 9.46 Å². The fourth-order valence-corrected chi connectivity index (χ4v) is 3.61. The Labute approximate surface area is 118 Å². The standard InChI is InChI=1S/C11H10N2O5S2/c1-18-10-8(3-2-4-12-10)13-20(16,17)9-5-7(6-19-9)11(14)15/h2-6,13H,1H3,(H,14,15). The Morgan fingerprint density at radius 2 is 2.25 bits per heavy atom. The van der Waals surface area contributed by atoms with Crippen LogP contribution in [-0.4, -0.2) is 31.6 Å². The molecular formula is C11H10N2O5S2. The van der Waals surface area contributed by atoms with E-state index >= 15 is 0 Å². The first-order valence-electron chi connectivity index (χ1n) is 5.27. The number of hydrogen-bond donors (Lipinski definition) is 2. The fraction of sp³-hybridized carbons (Fsp3) is 0.0909. The van der Waals surface area contributed by atoms with E-state index in [0.29, 0.717) is 0 Å². The molecule has 2 aromatic rings. The van der Waals surface area contributed by atoms with Gasteiger partial charge in [-0.3, -0.25) is 4.72 Å². The lowest BCUT2D eigenvalue weighted by Crippen LogP contribution is -2.12. The first kappa shape index (κ1) is 14.3. The molecular weight excluding hydrogens is 304 g/mol. The van der Waals surface area contributed by atoms with Crippen molar-refractivity contribution in [3.05, 3.63) is 35.3 Å². The molecule has 106 valence electrons. The maximum Gasteiger partial charge on any atom is 0.336 e. The molecule has 0 saturated heterocycles. The minimum absolute atomic E-state index is 0.0754. The molecule has 0 aliphatic heterocycles. The van der Waals surface area contributed by atoms with Crippen LogP contribution in [0, 0.1) is 0 Å². The van der Waals surface area contributed by atoms with Gasteiger partial charge < -0.3 is 9.84 Å². The molecule has 2 heterocycles. The Hall–Kier alpha value is -2.13. The lowest BCUT2D eigenvalue weighted by atomic mass is 10.4. The van der Waals surface area contributed by atoms with E-state index in [1.807, 2.05) is 0 Å². The van der Waals surface area contributed by atoms with Crippen LogP contribution in [0.1, 0.15) is 10.4 Å². The average Bonchev–Trinajstić information content (AvgIpc) is 2.89. The number of nitrogens with zero attached hydrogens (tertiary/aromatic N) is 1. The van der Waals surface area contributed by atoms with Gasteiger partial charge in [-0.25, -0.2) is 18.2 Å². The fourth-order valence-electron chi connectivity index (χ4n) is 1.40. The Bertz CT molecular complexity index is 739. The molecule has 0 fully saturated rings. The Morgan fingerprint density at radius 3 is 2.85 bits per heavy atom. The van der Waals surface area contributed by atoms with Gasteiger partial charge in [0, 0.05) is 11.6 Å². The molecule has 2 rings (SSSR count). The van der Waals surface area contributed by atoms with Crippen molar-refractivity contribution in [2.24, 2.45) is 0 Å². The molecule has 0 aliphatic rings. The topological polar surface area (TPSA) is 106 Å². The van der Waals surface area contributed by atoms with Crippen molar-refractivity contribution in [1.29, 1.82) is 0 Å². The number of pyridine rings is 1. The van der Waals surface area contributed by atoms with Crippen molar-refractivity contribution >= 4 is 33.0 Å². The van der Waals surface area contributed by atoms with Crippen molar-refractivity contribution in [2.45, 2.75) is 4.21 Å². The molecule has 0 atom stereocenters. The summed E-state index contributed by atoms with van der Waals surface area (Å²) in [6, 6.07) is 4.14. The number of carboxylic acid groups (broad SMARTS) is 1. The minimum atomic E-state index is -3.87. The SMILES string of the molecule is COc1ncccc1NS(=O)(=O)c1cc(C(=O)O)cs1. The number of sulfonamides is 1. The van der Waals surface area contributed by atoms with Gasteiger partial charge in [0.25, 0.3) is 10.0 Å². The van der Waals surface area contributed by atoms with Gasteiger partial charge >= 0.3 is 5.97 Å². The molecule has 9 heteroatoms. The third kappa shape index (κ3) is 2.89. The summed E-state index contributed by atoms with van der Waals surface area (Å²) in [4.78, 5) is 14.6. The predicted molar refractivity (Wildman–Crippen MR) is 72.9 cm³/mol. The number of aromatic carboxylic acids is 1. The molecule has 7 nitrogen and oxygen atoms in total. The number of aromatic nitrogens is 1. The zero-order chi connectivity index (χ0) is 14.8. The molecule has 0 bridgehead atoms. The molecule has 0 amide bonds. The second-order valence-electron chi connectivity index (χ2n) is 3.63. The molecule has 0 radical (unpaired) electrons. The zero-order valence-electron chi connectivity index (χ0n) is 10.2. The van der Waals surface area contributed by atoms with Crippen LogP contribution in [0.15, 0.2) is 34.0 Å². The highest BCUT2D eigenvalue weighted by molar-refractivity contribution is 7.94. The summed E-state index contributed by atoms with van der Waals surface area (Å²) in [5.74, 6) is -1.05. The van der Waals surface area contributed by atoms with Crippen LogP contribution in [0.25, 0.3) is 0 Å². The summed E-state index contributed by atoms with van der Waals surface area (Å²) in [5, 5.41) is 10.1. The number of rotatable bonds is 5. The van der Waals surface area contributed by atoms with Crippen LogP contribution in [-0.2, 0) is 10.0 Å². The van der Waals surface area contributed by atoms with Crippen molar-refractivity contribution in [3.8, 4) is 5.88 Å². The first-order chi connectivity index (χ1) is 9.44. The smallest absolute Gasteiger partial charge is 0.336 e. The summed E-state index contributed by atoms with van der Waals surface area (Å²) < 4.78 is 31.4. The molecule has 0 aliphatic carbocycles. The van der Waals surface area contributed by atoms with Crippen LogP contribution in [0.2, 0.25) is 0 Å². The van der Waals surface area contributed by atoms with Crippen molar-refractivity contribution in [1.82, 2.24) is 4.98 Å². The maximum atomic E-state index is 12.1. The lowest BCUT2D eigenvalue weighted by Gasteiger charge is -2.09. The van der Waals surface area contributed by atoms with Crippen LogP contribution in [0.3, 0.4) is 0 Å². The van der Waals surface area contributed by atoms with E-state index in [1.54, 1.807) is 6.07 Å². The molecule has 0 spiro atoms. The molecule has 0 unspecified atom stereocenters. The Morgan fingerprint density at radius 1 is 1.50 bits per heavy atom. The van der Waals surface area contributed by atoms with E-state index in [1.165, 1.54) is 24.8 Å². The average molecular weight is 314 g/mol. The molecule has 0 aromatic carbocycles. The Balaban J connectivity index is 2.33. The largest absolute Gasteiger partial charge is 0.480 e. The lowest BCUT2D eigenvalue weighted by molar-refractivity contribution is 0.0697. The van der Waals surface area contributed by atoms with Crippen LogP contribution >= 0.6 is 11.3 Å². The number of thiophene rings is 1. The third-order valence-corrected chi connectivity index (χ3v) is 5.10. The van der Waals surface area contributed by atoms with Gasteiger partial charge in [-0.15, -0.1) is 11.3 Å². The summed E-state index contributed by atoms with van der Waals surface area (Å²) >= 11 is 0.825. The predicted octanol–water partition coefficient (Wildman–Crippen LogP) is 1.65. The van der Waals surface area contributed by atoms with Gasteiger partial charge in [-0.05, 0) is 18.2 Å². The zero-order valence-corrected chi connectivity index (χ0v) is 11.9. The number of carboxylic acids is 1. The van der Waals surface area contributed by atoms with E-state index in [4.69, 9.17) is 9.84 Å². The minimum Gasteiger partial charge on any atom is -0.480 e. The maximum absolute atomic E-state index is 12.1. The van der Waals surface area contributed by atoms with Crippen molar-refractivity contribution < 1.29 is 23.1 Å². The van der Waals surface area contributed by atoms with Gasteiger partial charge in [0.1, 0.15) is 9.90 Å². The van der Waals surface area contributed by atoms with Gasteiger partial charge in [0.05, 0.1) is 12.7 Å². The second kappa shape index (κ2) is 5.47.